The summed E-state index contributed by atoms with van der Waals surface area (Å²) in [4.78, 5) is 10.6. The molecule has 1 aromatic carbocycles. The normalized spacial score (nSPS) is 11.6. The Balaban J connectivity index is 1.94. The SMILES string of the molecule is CCNC(=NCc1ccccc1CC)NCCc1sc(C)nc1C. The van der Waals surface area contributed by atoms with Gasteiger partial charge in [-0.25, -0.2) is 9.98 Å². The third-order valence-corrected chi connectivity index (χ3v) is 5.03. The predicted molar refractivity (Wildman–Crippen MR) is 104 cm³/mol. The first-order chi connectivity index (χ1) is 11.6. The van der Waals surface area contributed by atoms with E-state index in [9.17, 15) is 0 Å². The zero-order chi connectivity index (χ0) is 17.4. The van der Waals surface area contributed by atoms with Crippen LogP contribution >= 0.6 is 11.3 Å². The van der Waals surface area contributed by atoms with Crippen LogP contribution in [0.3, 0.4) is 0 Å². The van der Waals surface area contributed by atoms with E-state index in [2.05, 4.69) is 67.6 Å². The molecule has 0 bridgehead atoms. The average Bonchev–Trinajstić information content (AvgIpc) is 2.90. The minimum Gasteiger partial charge on any atom is -0.357 e. The van der Waals surface area contributed by atoms with E-state index in [4.69, 9.17) is 4.99 Å². The summed E-state index contributed by atoms with van der Waals surface area (Å²) < 4.78 is 0. The lowest BCUT2D eigenvalue weighted by Crippen LogP contribution is -2.38. The first-order valence-electron chi connectivity index (χ1n) is 8.65. The van der Waals surface area contributed by atoms with Gasteiger partial charge in [-0.2, -0.15) is 0 Å². The number of aliphatic imine (C=N–C) groups is 1. The van der Waals surface area contributed by atoms with Crippen LogP contribution in [0.1, 0.15) is 40.6 Å². The van der Waals surface area contributed by atoms with Crippen molar-refractivity contribution >= 4 is 17.3 Å². The number of thiazole rings is 1. The fourth-order valence-corrected chi connectivity index (χ4v) is 3.60. The van der Waals surface area contributed by atoms with Crippen LogP contribution in [0.15, 0.2) is 29.3 Å². The lowest BCUT2D eigenvalue weighted by molar-refractivity contribution is 0.800. The summed E-state index contributed by atoms with van der Waals surface area (Å²) in [5, 5.41) is 7.89. The molecule has 0 aliphatic carbocycles. The van der Waals surface area contributed by atoms with Crippen LogP contribution in [0.2, 0.25) is 0 Å². The molecule has 130 valence electrons. The maximum absolute atomic E-state index is 4.73. The highest BCUT2D eigenvalue weighted by Gasteiger charge is 2.05. The molecule has 0 radical (unpaired) electrons. The second-order valence-corrected chi connectivity index (χ2v) is 7.02. The molecule has 1 aromatic heterocycles. The minimum absolute atomic E-state index is 0.706. The topological polar surface area (TPSA) is 49.3 Å². The van der Waals surface area contributed by atoms with Crippen molar-refractivity contribution in [1.29, 1.82) is 0 Å². The summed E-state index contributed by atoms with van der Waals surface area (Å²) in [5.41, 5.74) is 3.82. The van der Waals surface area contributed by atoms with Crippen LogP contribution in [0, 0.1) is 13.8 Å². The Morgan fingerprint density at radius 2 is 1.88 bits per heavy atom. The van der Waals surface area contributed by atoms with Crippen molar-refractivity contribution in [2.24, 2.45) is 4.99 Å². The van der Waals surface area contributed by atoms with Gasteiger partial charge in [0.25, 0.3) is 0 Å². The molecule has 0 fully saturated rings. The number of aromatic nitrogens is 1. The lowest BCUT2D eigenvalue weighted by Gasteiger charge is -2.12. The van der Waals surface area contributed by atoms with Gasteiger partial charge >= 0.3 is 0 Å². The Labute approximate surface area is 149 Å². The van der Waals surface area contributed by atoms with Crippen LogP contribution in [0.4, 0.5) is 0 Å². The molecule has 0 unspecified atom stereocenters. The van der Waals surface area contributed by atoms with E-state index < -0.39 is 0 Å². The third-order valence-electron chi connectivity index (χ3n) is 3.90. The summed E-state index contributed by atoms with van der Waals surface area (Å²) >= 11 is 1.78. The van der Waals surface area contributed by atoms with E-state index >= 15 is 0 Å². The van der Waals surface area contributed by atoms with E-state index in [1.807, 2.05) is 0 Å². The summed E-state index contributed by atoms with van der Waals surface area (Å²) in [6, 6.07) is 8.52. The average molecular weight is 345 g/mol. The third kappa shape index (κ3) is 5.34. The van der Waals surface area contributed by atoms with E-state index in [0.29, 0.717) is 6.54 Å². The van der Waals surface area contributed by atoms with Gasteiger partial charge in [0.15, 0.2) is 5.96 Å². The monoisotopic (exact) mass is 344 g/mol. The summed E-state index contributed by atoms with van der Waals surface area (Å²) in [6.07, 6.45) is 2.02. The molecule has 0 aliphatic heterocycles. The number of nitrogens with one attached hydrogen (secondary N) is 2. The molecular weight excluding hydrogens is 316 g/mol. The van der Waals surface area contributed by atoms with Gasteiger partial charge < -0.3 is 10.6 Å². The second-order valence-electron chi connectivity index (χ2n) is 5.74. The standard InChI is InChI=1S/C19H28N4S/c1-5-16-9-7-8-10-17(16)13-22-19(20-6-2)21-12-11-18-14(3)23-15(4)24-18/h7-10H,5-6,11-13H2,1-4H3,(H2,20,21,22). The van der Waals surface area contributed by atoms with Gasteiger partial charge in [-0.1, -0.05) is 31.2 Å². The Morgan fingerprint density at radius 1 is 1.12 bits per heavy atom. The Hall–Kier alpha value is -1.88. The van der Waals surface area contributed by atoms with Gasteiger partial charge in [0.05, 0.1) is 17.2 Å². The van der Waals surface area contributed by atoms with Crippen molar-refractivity contribution in [3.05, 3.63) is 51.0 Å². The molecule has 0 saturated heterocycles. The Bertz CT molecular complexity index is 676. The highest BCUT2D eigenvalue weighted by atomic mass is 32.1. The molecule has 0 saturated carbocycles. The number of hydrogen-bond acceptors (Lipinski definition) is 3. The molecule has 2 aromatic rings. The van der Waals surface area contributed by atoms with Crippen molar-refractivity contribution in [2.45, 2.75) is 47.1 Å². The number of aryl methyl sites for hydroxylation is 3. The fourth-order valence-electron chi connectivity index (χ4n) is 2.66. The quantitative estimate of drug-likeness (QED) is 0.596. The molecule has 2 rings (SSSR count). The first-order valence-corrected chi connectivity index (χ1v) is 9.47. The molecule has 2 N–H and O–H groups in total. The van der Waals surface area contributed by atoms with Crippen molar-refractivity contribution in [3.8, 4) is 0 Å². The van der Waals surface area contributed by atoms with E-state index in [0.717, 1.165) is 42.6 Å². The molecule has 0 atom stereocenters. The summed E-state index contributed by atoms with van der Waals surface area (Å²) in [6.45, 7) is 10.9. The maximum Gasteiger partial charge on any atom is 0.191 e. The van der Waals surface area contributed by atoms with Gasteiger partial charge in [-0.05, 0) is 38.3 Å². The van der Waals surface area contributed by atoms with Crippen LogP contribution in [0.5, 0.6) is 0 Å². The molecule has 0 amide bonds. The van der Waals surface area contributed by atoms with Crippen molar-refractivity contribution < 1.29 is 0 Å². The highest BCUT2D eigenvalue weighted by molar-refractivity contribution is 7.11. The molecule has 0 aliphatic rings. The molecule has 24 heavy (non-hydrogen) atoms. The smallest absolute Gasteiger partial charge is 0.191 e. The van der Waals surface area contributed by atoms with Crippen molar-refractivity contribution in [3.63, 3.8) is 0 Å². The second kappa shape index (κ2) is 9.42. The number of hydrogen-bond donors (Lipinski definition) is 2. The van der Waals surface area contributed by atoms with Gasteiger partial charge in [-0.3, -0.25) is 0 Å². The summed E-state index contributed by atoms with van der Waals surface area (Å²) in [5.74, 6) is 0.877. The lowest BCUT2D eigenvalue weighted by atomic mass is 10.1. The number of guanidine groups is 1. The molecule has 0 spiro atoms. The van der Waals surface area contributed by atoms with Crippen LogP contribution in [-0.2, 0) is 19.4 Å². The highest BCUT2D eigenvalue weighted by Crippen LogP contribution is 2.17. The van der Waals surface area contributed by atoms with Gasteiger partial charge in [0.2, 0.25) is 0 Å². The number of benzene rings is 1. The largest absolute Gasteiger partial charge is 0.357 e. The van der Waals surface area contributed by atoms with Crippen LogP contribution in [0.25, 0.3) is 0 Å². The van der Waals surface area contributed by atoms with Gasteiger partial charge in [-0.15, -0.1) is 11.3 Å². The predicted octanol–water partition coefficient (Wildman–Crippen LogP) is 3.62. The van der Waals surface area contributed by atoms with E-state index in [1.54, 1.807) is 11.3 Å². The van der Waals surface area contributed by atoms with Crippen LogP contribution in [-0.4, -0.2) is 24.0 Å². The minimum atomic E-state index is 0.706. The van der Waals surface area contributed by atoms with Crippen molar-refractivity contribution in [2.75, 3.05) is 13.1 Å². The Morgan fingerprint density at radius 3 is 2.50 bits per heavy atom. The van der Waals surface area contributed by atoms with Gasteiger partial charge in [0.1, 0.15) is 0 Å². The molecule has 4 nitrogen and oxygen atoms in total. The Kier molecular flexibility index (Phi) is 7.25. The van der Waals surface area contributed by atoms with Crippen molar-refractivity contribution in [1.82, 2.24) is 15.6 Å². The molecule has 1 heterocycles. The fraction of sp³-hybridized carbons (Fsp3) is 0.474. The number of rotatable bonds is 7. The summed E-state index contributed by atoms with van der Waals surface area (Å²) in [7, 11) is 0. The number of nitrogens with zero attached hydrogens (tertiary/aromatic N) is 2. The molecule has 5 heteroatoms. The van der Waals surface area contributed by atoms with E-state index in [1.165, 1.54) is 16.0 Å². The first kappa shape index (κ1) is 18.5. The van der Waals surface area contributed by atoms with E-state index in [-0.39, 0.29) is 0 Å². The van der Waals surface area contributed by atoms with Gasteiger partial charge in [0, 0.05) is 24.4 Å². The van der Waals surface area contributed by atoms with Crippen LogP contribution < -0.4 is 10.6 Å². The maximum atomic E-state index is 4.73. The zero-order valence-electron chi connectivity index (χ0n) is 15.1. The molecular formula is C19H28N4S. The zero-order valence-corrected chi connectivity index (χ0v) is 16.0.